The van der Waals surface area contributed by atoms with E-state index < -0.39 is 57.6 Å². The number of phenolic OH excluding ortho intramolecular Hbond substituents is 1. The molecular weight excluding hydrogens is 428 g/mol. The van der Waals surface area contributed by atoms with Crippen LogP contribution in [0.25, 0.3) is 11.1 Å². The molecule has 1 aliphatic heterocycles. The van der Waals surface area contributed by atoms with Gasteiger partial charge in [0.05, 0.1) is 5.56 Å². The molecule has 10 heteroatoms. The molecule has 1 unspecified atom stereocenters. The van der Waals surface area contributed by atoms with Gasteiger partial charge in [-0.25, -0.2) is 13.2 Å². The van der Waals surface area contributed by atoms with Crippen molar-refractivity contribution in [1.82, 2.24) is 0 Å². The molecule has 0 bridgehead atoms. The molecule has 0 fully saturated rings. The van der Waals surface area contributed by atoms with Crippen LogP contribution in [0.15, 0.2) is 48.5 Å². The lowest BCUT2D eigenvalue weighted by atomic mass is 9.85. The Bertz CT molecular complexity index is 1240. The van der Waals surface area contributed by atoms with Crippen LogP contribution in [-0.2, 0) is 16.6 Å². The number of aromatic hydroxyl groups is 1. The summed E-state index contributed by atoms with van der Waals surface area (Å²) in [7, 11) is 0. The monoisotopic (exact) mass is 439 g/mol. The molecule has 31 heavy (non-hydrogen) atoms. The normalized spacial score (nSPS) is 18.1. The summed E-state index contributed by atoms with van der Waals surface area (Å²) in [6.07, 6.45) is -4.70. The Labute approximate surface area is 170 Å². The van der Waals surface area contributed by atoms with E-state index in [1.165, 1.54) is 0 Å². The molecule has 0 radical (unpaired) electrons. The summed E-state index contributed by atoms with van der Waals surface area (Å²) in [6.45, 7) is 0. The zero-order valence-electron chi connectivity index (χ0n) is 15.2. The third kappa shape index (κ3) is 3.10. The number of carbonyl (C=O) groups excluding carboxylic acids is 1. The smallest absolute Gasteiger partial charge is 0.416 e. The van der Waals surface area contributed by atoms with Crippen molar-refractivity contribution in [2.45, 2.75) is 11.8 Å². The number of anilines is 1. The van der Waals surface area contributed by atoms with E-state index in [1.54, 1.807) is 0 Å². The summed E-state index contributed by atoms with van der Waals surface area (Å²) < 4.78 is 79.9. The third-order valence-corrected chi connectivity index (χ3v) is 5.05. The van der Waals surface area contributed by atoms with Crippen LogP contribution in [0.4, 0.5) is 32.0 Å². The molecular formula is C21H11F6NO3. The molecule has 0 aromatic heterocycles. The van der Waals surface area contributed by atoms with Crippen LogP contribution in [0.3, 0.4) is 0 Å². The minimum absolute atomic E-state index is 0.120. The largest absolute Gasteiger partial charge is 0.508 e. The Morgan fingerprint density at radius 2 is 1.58 bits per heavy atom. The van der Waals surface area contributed by atoms with Crippen molar-refractivity contribution in [3.05, 3.63) is 82.7 Å². The van der Waals surface area contributed by atoms with Crippen LogP contribution >= 0.6 is 0 Å². The molecule has 0 saturated heterocycles. The second-order valence-corrected chi connectivity index (χ2v) is 6.88. The highest BCUT2D eigenvalue weighted by atomic mass is 19.4. The fraction of sp³-hybridized carbons (Fsp3) is 0.0952. The van der Waals surface area contributed by atoms with Gasteiger partial charge in [-0.15, -0.1) is 0 Å². The number of fused-ring (bicyclic) bond motifs is 1. The van der Waals surface area contributed by atoms with Crippen molar-refractivity contribution in [2.24, 2.45) is 0 Å². The Hall–Kier alpha value is -3.53. The average Bonchev–Trinajstić information content (AvgIpc) is 2.97. The van der Waals surface area contributed by atoms with E-state index in [-0.39, 0.29) is 16.8 Å². The highest BCUT2D eigenvalue weighted by molar-refractivity contribution is 6.07. The zero-order chi connectivity index (χ0) is 22.7. The van der Waals surface area contributed by atoms with Crippen LogP contribution < -0.4 is 5.32 Å². The summed E-state index contributed by atoms with van der Waals surface area (Å²) >= 11 is 0. The highest BCUT2D eigenvalue weighted by Crippen LogP contribution is 2.46. The topological polar surface area (TPSA) is 69.6 Å². The Morgan fingerprint density at radius 3 is 2.26 bits per heavy atom. The standard InChI is InChI=1S/C21H11F6NO3/c22-14-5-3-11(17(23)18(14)24)9-1-6-16(29)13(7-9)20(31)12-4-2-10(21(25,26)27)8-15(12)28-19(20)30/h1-8,29,31H,(H,28,30). The molecule has 0 aliphatic carbocycles. The van der Waals surface area contributed by atoms with Crippen LogP contribution in [-0.4, -0.2) is 16.1 Å². The summed E-state index contributed by atoms with van der Waals surface area (Å²) in [4.78, 5) is 12.5. The van der Waals surface area contributed by atoms with Gasteiger partial charge in [0.25, 0.3) is 5.91 Å². The molecule has 160 valence electrons. The first-order valence-corrected chi connectivity index (χ1v) is 8.67. The predicted octanol–water partition coefficient (Wildman–Crippen LogP) is 4.68. The second kappa shape index (κ2) is 6.74. The second-order valence-electron chi connectivity index (χ2n) is 6.88. The number of rotatable bonds is 2. The van der Waals surface area contributed by atoms with Crippen molar-refractivity contribution in [3.8, 4) is 16.9 Å². The molecule has 3 aromatic rings. The van der Waals surface area contributed by atoms with Crippen LogP contribution in [0.5, 0.6) is 5.75 Å². The lowest BCUT2D eigenvalue weighted by Crippen LogP contribution is -2.35. The van der Waals surface area contributed by atoms with Gasteiger partial charge >= 0.3 is 6.18 Å². The first kappa shape index (κ1) is 20.7. The number of halogens is 6. The number of phenols is 1. The molecule has 4 rings (SSSR count). The number of carbonyl (C=O) groups is 1. The van der Waals surface area contributed by atoms with Gasteiger partial charge in [0.2, 0.25) is 0 Å². The SMILES string of the molecule is O=C1Nc2cc(C(F)(F)F)ccc2C1(O)c1cc(-c2ccc(F)c(F)c2F)ccc1O. The number of aliphatic hydroxyl groups is 1. The van der Waals surface area contributed by atoms with Gasteiger partial charge in [-0.05, 0) is 42.0 Å². The number of alkyl halides is 3. The van der Waals surface area contributed by atoms with Gasteiger partial charge in [-0.3, -0.25) is 4.79 Å². The summed E-state index contributed by atoms with van der Waals surface area (Å²) in [5, 5.41) is 23.5. The third-order valence-electron chi connectivity index (χ3n) is 5.05. The van der Waals surface area contributed by atoms with Crippen molar-refractivity contribution >= 4 is 11.6 Å². The Morgan fingerprint density at radius 1 is 0.871 bits per heavy atom. The van der Waals surface area contributed by atoms with E-state index in [4.69, 9.17) is 0 Å². The van der Waals surface area contributed by atoms with Gasteiger partial charge in [0.15, 0.2) is 23.1 Å². The summed E-state index contributed by atoms with van der Waals surface area (Å²) in [5.41, 5.74) is -5.31. The predicted molar refractivity (Wildman–Crippen MR) is 96.5 cm³/mol. The first-order valence-electron chi connectivity index (χ1n) is 8.67. The van der Waals surface area contributed by atoms with Gasteiger partial charge in [0.1, 0.15) is 5.75 Å². The fourth-order valence-electron chi connectivity index (χ4n) is 3.48. The fourth-order valence-corrected chi connectivity index (χ4v) is 3.48. The molecule has 1 aliphatic rings. The Balaban J connectivity index is 1.89. The molecule has 4 nitrogen and oxygen atoms in total. The van der Waals surface area contributed by atoms with Gasteiger partial charge in [-0.2, -0.15) is 13.2 Å². The Kier molecular flexibility index (Phi) is 4.51. The van der Waals surface area contributed by atoms with E-state index >= 15 is 0 Å². The van der Waals surface area contributed by atoms with Gasteiger partial charge in [-0.1, -0.05) is 12.1 Å². The number of hydrogen-bond donors (Lipinski definition) is 3. The summed E-state index contributed by atoms with van der Waals surface area (Å²) in [5.74, 6) is -6.48. The molecule has 1 heterocycles. The first-order chi connectivity index (χ1) is 14.4. The minimum atomic E-state index is -4.70. The number of nitrogens with one attached hydrogen (secondary N) is 1. The molecule has 3 N–H and O–H groups in total. The van der Waals surface area contributed by atoms with Crippen molar-refractivity contribution in [2.75, 3.05) is 5.32 Å². The number of benzene rings is 3. The maximum atomic E-state index is 14.2. The molecule has 0 spiro atoms. The van der Waals surface area contributed by atoms with E-state index in [0.29, 0.717) is 18.2 Å². The maximum absolute atomic E-state index is 14.2. The average molecular weight is 439 g/mol. The highest BCUT2D eigenvalue weighted by Gasteiger charge is 2.49. The van der Waals surface area contributed by atoms with E-state index in [9.17, 15) is 41.4 Å². The lowest BCUT2D eigenvalue weighted by Gasteiger charge is -2.23. The van der Waals surface area contributed by atoms with Gasteiger partial charge in [0, 0.05) is 22.4 Å². The van der Waals surface area contributed by atoms with Crippen LogP contribution in [0, 0.1) is 17.5 Å². The maximum Gasteiger partial charge on any atom is 0.416 e. The van der Waals surface area contributed by atoms with E-state index in [1.807, 2.05) is 0 Å². The van der Waals surface area contributed by atoms with E-state index in [2.05, 4.69) is 5.32 Å². The van der Waals surface area contributed by atoms with Crippen LogP contribution in [0.1, 0.15) is 16.7 Å². The number of hydrogen-bond acceptors (Lipinski definition) is 3. The van der Waals surface area contributed by atoms with Crippen molar-refractivity contribution in [1.29, 1.82) is 0 Å². The van der Waals surface area contributed by atoms with Gasteiger partial charge < -0.3 is 15.5 Å². The molecule has 1 atom stereocenters. The molecule has 0 saturated carbocycles. The summed E-state index contributed by atoms with van der Waals surface area (Å²) in [6, 6.07) is 6.84. The quantitative estimate of drug-likeness (QED) is 0.401. The lowest BCUT2D eigenvalue weighted by molar-refractivity contribution is -0.137. The van der Waals surface area contributed by atoms with Crippen molar-refractivity contribution in [3.63, 3.8) is 0 Å². The van der Waals surface area contributed by atoms with Crippen LogP contribution in [0.2, 0.25) is 0 Å². The van der Waals surface area contributed by atoms with E-state index in [0.717, 1.165) is 30.3 Å². The molecule has 3 aromatic carbocycles. The zero-order valence-corrected chi connectivity index (χ0v) is 15.2. The molecule has 1 amide bonds. The minimum Gasteiger partial charge on any atom is -0.508 e. The number of amides is 1. The van der Waals surface area contributed by atoms with Crippen molar-refractivity contribution < 1.29 is 41.4 Å².